The zero-order valence-electron chi connectivity index (χ0n) is 13.4. The predicted octanol–water partition coefficient (Wildman–Crippen LogP) is 2.60. The van der Waals surface area contributed by atoms with E-state index in [9.17, 15) is 4.79 Å². The maximum Gasteiger partial charge on any atom is 0.306 e. The van der Waals surface area contributed by atoms with E-state index in [4.69, 9.17) is 4.74 Å². The molecule has 1 aromatic heterocycles. The van der Waals surface area contributed by atoms with Crippen LogP contribution >= 0.6 is 0 Å². The highest BCUT2D eigenvalue weighted by atomic mass is 16.5. The number of esters is 1. The summed E-state index contributed by atoms with van der Waals surface area (Å²) in [7, 11) is 0. The van der Waals surface area contributed by atoms with Crippen molar-refractivity contribution in [2.24, 2.45) is 5.92 Å². The Morgan fingerprint density at radius 3 is 2.77 bits per heavy atom. The zero-order valence-corrected chi connectivity index (χ0v) is 13.4. The number of rotatable bonds is 8. The lowest BCUT2D eigenvalue weighted by Gasteiger charge is -2.28. The molecule has 0 aliphatic heterocycles. The lowest BCUT2D eigenvalue weighted by atomic mass is 9.84. The minimum absolute atomic E-state index is 0.0431. The molecule has 0 saturated heterocycles. The SMILES string of the molecule is CCOC(=O)CC1CCC(NCCNc2ccccn2)CC1. The fraction of sp³-hybridized carbons (Fsp3) is 0.647. The maximum atomic E-state index is 11.5. The summed E-state index contributed by atoms with van der Waals surface area (Å²) in [4.78, 5) is 15.7. The van der Waals surface area contributed by atoms with Gasteiger partial charge in [0.2, 0.25) is 0 Å². The monoisotopic (exact) mass is 305 g/mol. The number of carbonyl (C=O) groups excluding carboxylic acids is 1. The minimum Gasteiger partial charge on any atom is -0.466 e. The van der Waals surface area contributed by atoms with Crippen molar-refractivity contribution in [1.82, 2.24) is 10.3 Å². The van der Waals surface area contributed by atoms with Crippen LogP contribution in [-0.4, -0.2) is 36.7 Å². The molecule has 1 aliphatic rings. The van der Waals surface area contributed by atoms with E-state index in [2.05, 4.69) is 15.6 Å². The van der Waals surface area contributed by atoms with Gasteiger partial charge in [-0.05, 0) is 50.7 Å². The summed E-state index contributed by atoms with van der Waals surface area (Å²) in [5.74, 6) is 1.38. The Bertz CT molecular complexity index is 431. The average molecular weight is 305 g/mol. The molecular weight excluding hydrogens is 278 g/mol. The van der Waals surface area contributed by atoms with Gasteiger partial charge in [0.15, 0.2) is 0 Å². The molecule has 122 valence electrons. The fourth-order valence-electron chi connectivity index (χ4n) is 2.96. The van der Waals surface area contributed by atoms with Crippen LogP contribution in [0.15, 0.2) is 24.4 Å². The Kier molecular flexibility index (Phi) is 7.16. The van der Waals surface area contributed by atoms with Gasteiger partial charge in [-0.1, -0.05) is 6.07 Å². The highest BCUT2D eigenvalue weighted by Crippen LogP contribution is 2.27. The van der Waals surface area contributed by atoms with E-state index < -0.39 is 0 Å². The first-order valence-corrected chi connectivity index (χ1v) is 8.32. The van der Waals surface area contributed by atoms with Crippen molar-refractivity contribution < 1.29 is 9.53 Å². The molecule has 0 radical (unpaired) electrons. The van der Waals surface area contributed by atoms with Crippen LogP contribution in [0.25, 0.3) is 0 Å². The Labute approximate surface area is 132 Å². The summed E-state index contributed by atoms with van der Waals surface area (Å²) >= 11 is 0. The van der Waals surface area contributed by atoms with Gasteiger partial charge >= 0.3 is 5.97 Å². The number of nitrogens with one attached hydrogen (secondary N) is 2. The van der Waals surface area contributed by atoms with Crippen molar-refractivity contribution in [1.29, 1.82) is 0 Å². The van der Waals surface area contributed by atoms with Gasteiger partial charge in [0, 0.05) is 31.7 Å². The molecule has 0 bridgehead atoms. The second kappa shape index (κ2) is 9.41. The Morgan fingerprint density at radius 2 is 2.09 bits per heavy atom. The highest BCUT2D eigenvalue weighted by Gasteiger charge is 2.23. The molecule has 5 heteroatoms. The molecule has 0 amide bonds. The van der Waals surface area contributed by atoms with Crippen LogP contribution in [0, 0.1) is 5.92 Å². The van der Waals surface area contributed by atoms with Gasteiger partial charge < -0.3 is 15.4 Å². The number of carbonyl (C=O) groups is 1. The van der Waals surface area contributed by atoms with E-state index in [1.807, 2.05) is 25.1 Å². The number of hydrogen-bond acceptors (Lipinski definition) is 5. The molecule has 0 spiro atoms. The number of anilines is 1. The minimum atomic E-state index is -0.0431. The van der Waals surface area contributed by atoms with Crippen LogP contribution in [0.1, 0.15) is 39.0 Å². The number of pyridine rings is 1. The van der Waals surface area contributed by atoms with E-state index in [1.54, 1.807) is 6.20 Å². The molecule has 1 aliphatic carbocycles. The Balaban J connectivity index is 1.55. The summed E-state index contributed by atoms with van der Waals surface area (Å²) in [5, 5.41) is 6.88. The van der Waals surface area contributed by atoms with Crippen LogP contribution in [0.2, 0.25) is 0 Å². The quantitative estimate of drug-likeness (QED) is 0.571. The molecule has 22 heavy (non-hydrogen) atoms. The molecule has 2 rings (SSSR count). The van der Waals surface area contributed by atoms with Crippen molar-refractivity contribution in [3.05, 3.63) is 24.4 Å². The standard InChI is InChI=1S/C17H27N3O2/c1-2-22-17(21)13-14-6-8-15(9-7-14)18-11-12-20-16-5-3-4-10-19-16/h3-5,10,14-15,18H,2,6-9,11-13H2,1H3,(H,19,20). The van der Waals surface area contributed by atoms with Gasteiger partial charge in [0.25, 0.3) is 0 Å². The third kappa shape index (κ3) is 6.02. The molecule has 0 aromatic carbocycles. The van der Waals surface area contributed by atoms with Crippen molar-refractivity contribution in [2.75, 3.05) is 25.0 Å². The first-order chi connectivity index (χ1) is 10.8. The predicted molar refractivity (Wildman–Crippen MR) is 87.7 cm³/mol. The maximum absolute atomic E-state index is 11.5. The average Bonchev–Trinajstić information content (AvgIpc) is 2.54. The van der Waals surface area contributed by atoms with E-state index in [0.29, 0.717) is 25.0 Å². The van der Waals surface area contributed by atoms with Crippen LogP contribution in [0.5, 0.6) is 0 Å². The van der Waals surface area contributed by atoms with Gasteiger partial charge in [0.05, 0.1) is 6.61 Å². The molecule has 2 N–H and O–H groups in total. The normalized spacial score (nSPS) is 21.3. The number of nitrogens with zero attached hydrogens (tertiary/aromatic N) is 1. The molecule has 1 fully saturated rings. The van der Waals surface area contributed by atoms with Gasteiger partial charge in [-0.15, -0.1) is 0 Å². The second-order valence-electron chi connectivity index (χ2n) is 5.82. The molecule has 5 nitrogen and oxygen atoms in total. The summed E-state index contributed by atoms with van der Waals surface area (Å²) in [6.07, 6.45) is 6.90. The van der Waals surface area contributed by atoms with Crippen molar-refractivity contribution in [2.45, 2.75) is 45.1 Å². The highest BCUT2D eigenvalue weighted by molar-refractivity contribution is 5.69. The van der Waals surface area contributed by atoms with E-state index in [-0.39, 0.29) is 5.97 Å². The number of hydrogen-bond donors (Lipinski definition) is 2. The molecule has 1 heterocycles. The van der Waals surface area contributed by atoms with Gasteiger partial charge in [-0.2, -0.15) is 0 Å². The van der Waals surface area contributed by atoms with E-state index in [1.165, 1.54) is 0 Å². The smallest absolute Gasteiger partial charge is 0.306 e. The molecule has 0 atom stereocenters. The number of aromatic nitrogens is 1. The summed E-state index contributed by atoms with van der Waals surface area (Å²) < 4.78 is 5.02. The van der Waals surface area contributed by atoms with Crippen molar-refractivity contribution >= 4 is 11.8 Å². The van der Waals surface area contributed by atoms with Crippen molar-refractivity contribution in [3.63, 3.8) is 0 Å². The van der Waals surface area contributed by atoms with Gasteiger partial charge in [-0.3, -0.25) is 4.79 Å². The lowest BCUT2D eigenvalue weighted by Crippen LogP contribution is -2.36. The van der Waals surface area contributed by atoms with E-state index >= 15 is 0 Å². The summed E-state index contributed by atoms with van der Waals surface area (Å²) in [6, 6.07) is 6.44. The summed E-state index contributed by atoms with van der Waals surface area (Å²) in [6.45, 7) is 4.15. The Morgan fingerprint density at radius 1 is 1.27 bits per heavy atom. The summed E-state index contributed by atoms with van der Waals surface area (Å²) in [5.41, 5.74) is 0. The third-order valence-electron chi connectivity index (χ3n) is 4.14. The Hall–Kier alpha value is -1.62. The molecule has 0 unspecified atom stereocenters. The lowest BCUT2D eigenvalue weighted by molar-refractivity contribution is -0.144. The van der Waals surface area contributed by atoms with Crippen LogP contribution in [-0.2, 0) is 9.53 Å². The molecule has 1 aromatic rings. The second-order valence-corrected chi connectivity index (χ2v) is 5.82. The third-order valence-corrected chi connectivity index (χ3v) is 4.14. The van der Waals surface area contributed by atoms with Gasteiger partial charge in [0.1, 0.15) is 5.82 Å². The van der Waals surface area contributed by atoms with Crippen LogP contribution in [0.3, 0.4) is 0 Å². The molecule has 1 saturated carbocycles. The van der Waals surface area contributed by atoms with Crippen LogP contribution in [0.4, 0.5) is 5.82 Å². The largest absolute Gasteiger partial charge is 0.466 e. The topological polar surface area (TPSA) is 63.2 Å². The molecular formula is C17H27N3O2. The van der Waals surface area contributed by atoms with Crippen molar-refractivity contribution in [3.8, 4) is 0 Å². The fourth-order valence-corrected chi connectivity index (χ4v) is 2.96. The first-order valence-electron chi connectivity index (χ1n) is 8.32. The van der Waals surface area contributed by atoms with Crippen LogP contribution < -0.4 is 10.6 Å². The van der Waals surface area contributed by atoms with E-state index in [0.717, 1.165) is 44.6 Å². The number of ether oxygens (including phenoxy) is 1. The first kappa shape index (κ1) is 16.7. The zero-order chi connectivity index (χ0) is 15.6. The van der Waals surface area contributed by atoms with Gasteiger partial charge in [-0.25, -0.2) is 4.98 Å².